The van der Waals surface area contributed by atoms with E-state index in [1.165, 1.54) is 19.3 Å². The minimum Gasteiger partial charge on any atom is -0.462 e. The first-order valence-electron chi connectivity index (χ1n) is 9.44. The highest BCUT2D eigenvalue weighted by molar-refractivity contribution is 5.76. The average Bonchev–Trinajstić information content (AvgIpc) is 3.36. The number of fused-ring (bicyclic) bond motifs is 1. The Balaban J connectivity index is 1.50. The molecule has 132 valence electrons. The maximum Gasteiger partial charge on any atom is 0.311 e. The molecule has 5 atom stereocenters. The number of hydrogen-bond acceptors (Lipinski definition) is 4. The molecular formula is C19H32O4. The van der Waals surface area contributed by atoms with Gasteiger partial charge in [-0.25, -0.2) is 0 Å². The molecule has 0 spiro atoms. The molecule has 0 amide bonds. The molecule has 0 radical (unpaired) electrons. The minimum atomic E-state index is -0.362. The second kappa shape index (κ2) is 7.10. The van der Waals surface area contributed by atoms with Crippen molar-refractivity contribution in [3.63, 3.8) is 0 Å². The van der Waals surface area contributed by atoms with Gasteiger partial charge in [0.2, 0.25) is 0 Å². The van der Waals surface area contributed by atoms with E-state index in [0.29, 0.717) is 24.0 Å². The third-order valence-electron chi connectivity index (χ3n) is 6.14. The molecule has 0 N–H and O–H groups in total. The molecule has 1 heterocycles. The second-order valence-corrected chi connectivity index (χ2v) is 8.26. The van der Waals surface area contributed by atoms with Crippen LogP contribution in [0, 0.1) is 17.3 Å². The van der Waals surface area contributed by atoms with Crippen molar-refractivity contribution in [2.45, 2.75) is 84.0 Å². The molecule has 3 aliphatic rings. The van der Waals surface area contributed by atoms with Crippen LogP contribution in [0.5, 0.6) is 0 Å². The van der Waals surface area contributed by atoms with Gasteiger partial charge in [-0.1, -0.05) is 13.3 Å². The van der Waals surface area contributed by atoms with Crippen LogP contribution >= 0.6 is 0 Å². The summed E-state index contributed by atoms with van der Waals surface area (Å²) in [5.41, 5.74) is -0.362. The third-order valence-corrected chi connectivity index (χ3v) is 6.14. The van der Waals surface area contributed by atoms with Crippen LogP contribution in [0.3, 0.4) is 0 Å². The lowest BCUT2D eigenvalue weighted by Gasteiger charge is -2.43. The number of epoxide rings is 1. The Morgan fingerprint density at radius 1 is 1.22 bits per heavy atom. The van der Waals surface area contributed by atoms with Gasteiger partial charge in [0.1, 0.15) is 12.2 Å². The predicted molar refractivity (Wildman–Crippen MR) is 88.1 cm³/mol. The van der Waals surface area contributed by atoms with E-state index in [-0.39, 0.29) is 17.5 Å². The van der Waals surface area contributed by atoms with Gasteiger partial charge < -0.3 is 14.2 Å². The van der Waals surface area contributed by atoms with Crippen molar-refractivity contribution in [2.24, 2.45) is 17.3 Å². The zero-order valence-electron chi connectivity index (χ0n) is 14.9. The van der Waals surface area contributed by atoms with Crippen LogP contribution in [-0.2, 0) is 19.0 Å². The predicted octanol–water partition coefficient (Wildman–Crippen LogP) is 3.72. The quantitative estimate of drug-likeness (QED) is 0.552. The lowest BCUT2D eigenvalue weighted by molar-refractivity contribution is -0.165. The Bertz CT molecular complexity index is 416. The number of carbonyl (C=O) groups excluding carboxylic acids is 1. The number of rotatable bonds is 6. The van der Waals surface area contributed by atoms with Crippen molar-refractivity contribution in [3.05, 3.63) is 0 Å². The second-order valence-electron chi connectivity index (χ2n) is 8.26. The van der Waals surface area contributed by atoms with E-state index in [9.17, 15) is 4.79 Å². The number of hydrogen-bond donors (Lipinski definition) is 0. The molecule has 5 unspecified atom stereocenters. The molecule has 0 aromatic rings. The Morgan fingerprint density at radius 2 is 2.00 bits per heavy atom. The van der Waals surface area contributed by atoms with Gasteiger partial charge in [-0.05, 0) is 64.2 Å². The van der Waals surface area contributed by atoms with Crippen molar-refractivity contribution < 1.29 is 19.0 Å². The van der Waals surface area contributed by atoms with Crippen LogP contribution in [0.25, 0.3) is 0 Å². The van der Waals surface area contributed by atoms with E-state index in [1.807, 2.05) is 20.8 Å². The lowest BCUT2D eigenvalue weighted by Crippen LogP contribution is -2.42. The standard InChI is InChI=1S/C19H32O4/c1-4-19(2,3)18(20)23-14-8-9-16-13(10-14)6-5-7-17(16)22-12-15-11-21-15/h13-17H,4-12H2,1-3H3. The maximum atomic E-state index is 12.3. The van der Waals surface area contributed by atoms with Gasteiger partial charge >= 0.3 is 5.97 Å². The molecule has 3 fully saturated rings. The monoisotopic (exact) mass is 324 g/mol. The first-order chi connectivity index (χ1) is 11.0. The summed E-state index contributed by atoms with van der Waals surface area (Å²) in [7, 11) is 0. The topological polar surface area (TPSA) is 48.1 Å². The molecule has 0 aromatic heterocycles. The van der Waals surface area contributed by atoms with E-state index in [0.717, 1.165) is 38.9 Å². The van der Waals surface area contributed by atoms with E-state index >= 15 is 0 Å². The molecule has 23 heavy (non-hydrogen) atoms. The van der Waals surface area contributed by atoms with Gasteiger partial charge in [0.25, 0.3) is 0 Å². The molecule has 2 saturated carbocycles. The zero-order chi connectivity index (χ0) is 16.4. The maximum absolute atomic E-state index is 12.3. The zero-order valence-corrected chi connectivity index (χ0v) is 14.9. The SMILES string of the molecule is CCC(C)(C)C(=O)OC1CCC2C(CCCC2OCC2CO2)C1. The molecule has 4 nitrogen and oxygen atoms in total. The van der Waals surface area contributed by atoms with E-state index in [2.05, 4.69) is 0 Å². The largest absolute Gasteiger partial charge is 0.462 e. The fraction of sp³-hybridized carbons (Fsp3) is 0.947. The molecule has 0 bridgehead atoms. The van der Waals surface area contributed by atoms with Gasteiger partial charge in [-0.2, -0.15) is 0 Å². The van der Waals surface area contributed by atoms with Crippen LogP contribution in [0.4, 0.5) is 0 Å². The van der Waals surface area contributed by atoms with Gasteiger partial charge in [-0.15, -0.1) is 0 Å². The van der Waals surface area contributed by atoms with Crippen molar-refractivity contribution >= 4 is 5.97 Å². The fourth-order valence-corrected chi connectivity index (χ4v) is 4.03. The van der Waals surface area contributed by atoms with Crippen LogP contribution in [0.15, 0.2) is 0 Å². The minimum absolute atomic E-state index is 0.0297. The summed E-state index contributed by atoms with van der Waals surface area (Å²) >= 11 is 0. The van der Waals surface area contributed by atoms with Gasteiger partial charge in [-0.3, -0.25) is 4.79 Å². The van der Waals surface area contributed by atoms with Gasteiger partial charge in [0.05, 0.1) is 24.7 Å². The number of carbonyl (C=O) groups is 1. The van der Waals surface area contributed by atoms with Gasteiger partial charge in [0.15, 0.2) is 0 Å². The van der Waals surface area contributed by atoms with Crippen LogP contribution in [0.2, 0.25) is 0 Å². The van der Waals surface area contributed by atoms with Crippen molar-refractivity contribution in [1.82, 2.24) is 0 Å². The van der Waals surface area contributed by atoms with Crippen molar-refractivity contribution in [1.29, 1.82) is 0 Å². The summed E-state index contributed by atoms with van der Waals surface area (Å²) in [6, 6.07) is 0. The summed E-state index contributed by atoms with van der Waals surface area (Å²) in [5.74, 6) is 1.28. The summed E-state index contributed by atoms with van der Waals surface area (Å²) < 4.78 is 17.2. The highest BCUT2D eigenvalue weighted by Gasteiger charge is 2.41. The smallest absolute Gasteiger partial charge is 0.311 e. The van der Waals surface area contributed by atoms with Crippen LogP contribution < -0.4 is 0 Å². The number of ether oxygens (including phenoxy) is 3. The molecule has 1 saturated heterocycles. The van der Waals surface area contributed by atoms with E-state index < -0.39 is 0 Å². The Kier molecular flexibility index (Phi) is 5.32. The van der Waals surface area contributed by atoms with E-state index in [1.54, 1.807) is 0 Å². The number of esters is 1. The summed E-state index contributed by atoms with van der Waals surface area (Å²) in [5, 5.41) is 0. The first-order valence-corrected chi connectivity index (χ1v) is 9.44. The molecule has 4 heteroatoms. The molecular weight excluding hydrogens is 292 g/mol. The highest BCUT2D eigenvalue weighted by Crippen LogP contribution is 2.43. The van der Waals surface area contributed by atoms with Gasteiger partial charge in [0, 0.05) is 0 Å². The average molecular weight is 324 g/mol. The summed E-state index contributed by atoms with van der Waals surface area (Å²) in [6.45, 7) is 7.63. The fourth-order valence-electron chi connectivity index (χ4n) is 4.03. The lowest BCUT2D eigenvalue weighted by atomic mass is 9.68. The molecule has 1 aliphatic heterocycles. The third kappa shape index (κ3) is 4.27. The molecule has 3 rings (SSSR count). The Morgan fingerprint density at radius 3 is 2.70 bits per heavy atom. The first kappa shape index (κ1) is 17.2. The Hall–Kier alpha value is -0.610. The Labute approximate surface area is 140 Å². The summed E-state index contributed by atoms with van der Waals surface area (Å²) in [4.78, 5) is 12.3. The molecule has 2 aliphatic carbocycles. The van der Waals surface area contributed by atoms with Crippen LogP contribution in [-0.4, -0.2) is 37.5 Å². The van der Waals surface area contributed by atoms with E-state index in [4.69, 9.17) is 14.2 Å². The highest BCUT2D eigenvalue weighted by atomic mass is 16.6. The normalized spacial score (nSPS) is 37.1. The molecule has 0 aromatic carbocycles. The van der Waals surface area contributed by atoms with Crippen molar-refractivity contribution in [3.8, 4) is 0 Å². The summed E-state index contributed by atoms with van der Waals surface area (Å²) in [6.07, 6.45) is 8.50. The van der Waals surface area contributed by atoms with Crippen molar-refractivity contribution in [2.75, 3.05) is 13.2 Å². The van der Waals surface area contributed by atoms with Crippen LogP contribution in [0.1, 0.15) is 65.7 Å².